The molecule has 24 heavy (non-hydrogen) atoms. The number of amides is 1. The molecule has 0 fully saturated rings. The number of carbonyl (C=O) groups is 1. The summed E-state index contributed by atoms with van der Waals surface area (Å²) in [4.78, 5) is 12.0. The van der Waals surface area contributed by atoms with Crippen molar-refractivity contribution in [3.8, 4) is 5.75 Å². The molecule has 0 spiro atoms. The number of anilines is 1. The minimum absolute atomic E-state index is 0.0439. The molecule has 0 saturated carbocycles. The minimum Gasteiger partial charge on any atom is -0.494 e. The molecule has 2 rings (SSSR count). The zero-order chi connectivity index (χ0) is 17.4. The molecule has 0 aliphatic rings. The van der Waals surface area contributed by atoms with Gasteiger partial charge in [0.05, 0.1) is 6.61 Å². The molecule has 0 heterocycles. The Balaban J connectivity index is 1.74. The lowest BCUT2D eigenvalue weighted by Crippen LogP contribution is -2.13. The van der Waals surface area contributed by atoms with Crippen molar-refractivity contribution in [2.45, 2.75) is 25.5 Å². The van der Waals surface area contributed by atoms with E-state index in [0.717, 1.165) is 22.6 Å². The van der Waals surface area contributed by atoms with E-state index in [1.807, 2.05) is 55.5 Å². The molecule has 0 bridgehead atoms. The molecule has 0 aliphatic carbocycles. The molecule has 0 radical (unpaired) electrons. The fourth-order valence-electron chi connectivity index (χ4n) is 2.32. The van der Waals surface area contributed by atoms with Gasteiger partial charge in [0, 0.05) is 34.9 Å². The average molecular weight is 345 g/mol. The van der Waals surface area contributed by atoms with Crippen molar-refractivity contribution in [1.29, 1.82) is 0 Å². The fourth-order valence-corrected chi connectivity index (χ4v) is 2.97. The molecule has 0 saturated heterocycles. The molecule has 128 valence electrons. The Morgan fingerprint density at radius 3 is 2.71 bits per heavy atom. The summed E-state index contributed by atoms with van der Waals surface area (Å²) in [7, 11) is -0.893. The number of hydrogen-bond donors (Lipinski definition) is 1. The van der Waals surface area contributed by atoms with Crippen LogP contribution in [0.4, 0.5) is 5.69 Å². The second-order valence-electron chi connectivity index (χ2n) is 5.73. The summed E-state index contributed by atoms with van der Waals surface area (Å²) >= 11 is 0. The van der Waals surface area contributed by atoms with Crippen LogP contribution in [0.3, 0.4) is 0 Å². The first kappa shape index (κ1) is 18.2. The summed E-state index contributed by atoms with van der Waals surface area (Å²) in [6, 6.07) is 15.3. The monoisotopic (exact) mass is 345 g/mol. The summed E-state index contributed by atoms with van der Waals surface area (Å²) in [5.74, 6) is 1.28. The van der Waals surface area contributed by atoms with Crippen molar-refractivity contribution in [3.63, 3.8) is 0 Å². The normalized spacial score (nSPS) is 11.8. The first-order chi connectivity index (χ1) is 11.5. The summed E-state index contributed by atoms with van der Waals surface area (Å²) in [5.41, 5.74) is 2.84. The van der Waals surface area contributed by atoms with Gasteiger partial charge in [-0.25, -0.2) is 0 Å². The zero-order valence-electron chi connectivity index (χ0n) is 14.1. The quantitative estimate of drug-likeness (QED) is 0.743. The second-order valence-corrected chi connectivity index (χ2v) is 7.17. The summed E-state index contributed by atoms with van der Waals surface area (Å²) in [5, 5.41) is 2.87. The van der Waals surface area contributed by atoms with Crippen LogP contribution in [0, 0.1) is 6.92 Å². The Morgan fingerprint density at radius 1 is 1.17 bits per heavy atom. The van der Waals surface area contributed by atoms with E-state index in [4.69, 9.17) is 4.74 Å². The zero-order valence-corrected chi connectivity index (χ0v) is 14.9. The van der Waals surface area contributed by atoms with Crippen molar-refractivity contribution in [2.24, 2.45) is 0 Å². The predicted octanol–water partition coefficient (Wildman–Crippen LogP) is 3.67. The number of aryl methyl sites for hydroxylation is 1. The van der Waals surface area contributed by atoms with E-state index in [1.54, 1.807) is 6.26 Å². The van der Waals surface area contributed by atoms with E-state index in [1.165, 1.54) is 0 Å². The maximum Gasteiger partial charge on any atom is 0.224 e. The molecule has 1 N–H and O–H groups in total. The maximum absolute atomic E-state index is 12.0. The van der Waals surface area contributed by atoms with Gasteiger partial charge < -0.3 is 10.1 Å². The van der Waals surface area contributed by atoms with Crippen LogP contribution in [0.5, 0.6) is 5.75 Å². The Labute approximate surface area is 145 Å². The molecule has 0 aliphatic heterocycles. The predicted molar refractivity (Wildman–Crippen MR) is 98.8 cm³/mol. The molecular formula is C19H23NO3S. The van der Waals surface area contributed by atoms with Crippen molar-refractivity contribution in [1.82, 2.24) is 0 Å². The first-order valence-electron chi connectivity index (χ1n) is 7.91. The largest absolute Gasteiger partial charge is 0.494 e. The molecule has 2 aromatic rings. The number of nitrogens with one attached hydrogen (secondary N) is 1. The molecule has 1 amide bonds. The number of benzene rings is 2. The summed E-state index contributed by atoms with van der Waals surface area (Å²) < 4.78 is 16.9. The smallest absolute Gasteiger partial charge is 0.224 e. The van der Waals surface area contributed by atoms with Crippen LogP contribution >= 0.6 is 0 Å². The molecule has 0 aromatic heterocycles. The first-order valence-corrected chi connectivity index (χ1v) is 9.64. The molecule has 1 unspecified atom stereocenters. The molecule has 4 nitrogen and oxygen atoms in total. The molecule has 2 aromatic carbocycles. The highest BCUT2D eigenvalue weighted by Crippen LogP contribution is 2.14. The van der Waals surface area contributed by atoms with E-state index in [-0.39, 0.29) is 5.91 Å². The lowest BCUT2D eigenvalue weighted by atomic mass is 10.2. The van der Waals surface area contributed by atoms with E-state index in [0.29, 0.717) is 25.2 Å². The van der Waals surface area contributed by atoms with Crippen LogP contribution in [0.25, 0.3) is 0 Å². The molecular weight excluding hydrogens is 322 g/mol. The van der Waals surface area contributed by atoms with Crippen molar-refractivity contribution < 1.29 is 13.7 Å². The van der Waals surface area contributed by atoms with Gasteiger partial charge in [-0.3, -0.25) is 9.00 Å². The third kappa shape index (κ3) is 6.54. The van der Waals surface area contributed by atoms with E-state index in [2.05, 4.69) is 5.32 Å². The highest BCUT2D eigenvalue weighted by atomic mass is 32.2. The van der Waals surface area contributed by atoms with Crippen LogP contribution in [0.15, 0.2) is 48.5 Å². The average Bonchev–Trinajstić information content (AvgIpc) is 2.51. The van der Waals surface area contributed by atoms with E-state index in [9.17, 15) is 9.00 Å². The lowest BCUT2D eigenvalue weighted by molar-refractivity contribution is -0.116. The third-order valence-corrected chi connectivity index (χ3v) is 4.13. The SMILES string of the molecule is Cc1cccc(OCCCC(=O)Nc2cccc(CS(C)=O)c2)c1. The maximum atomic E-state index is 12.0. The van der Waals surface area contributed by atoms with Gasteiger partial charge in [0.25, 0.3) is 0 Å². The Hall–Kier alpha value is -2.14. The molecule has 1 atom stereocenters. The van der Waals surface area contributed by atoms with Crippen molar-refractivity contribution in [3.05, 3.63) is 59.7 Å². The number of rotatable bonds is 8. The van der Waals surface area contributed by atoms with Gasteiger partial charge in [-0.2, -0.15) is 0 Å². The van der Waals surface area contributed by atoms with Gasteiger partial charge in [-0.1, -0.05) is 24.3 Å². The van der Waals surface area contributed by atoms with Crippen LogP contribution in [-0.2, 0) is 21.3 Å². The van der Waals surface area contributed by atoms with Gasteiger partial charge in [0.2, 0.25) is 5.91 Å². The van der Waals surface area contributed by atoms with Crippen LogP contribution in [0.2, 0.25) is 0 Å². The Morgan fingerprint density at radius 2 is 1.96 bits per heavy atom. The minimum atomic E-state index is -0.893. The molecule has 5 heteroatoms. The second kappa shape index (κ2) is 9.23. The Bertz CT molecular complexity index is 715. The topological polar surface area (TPSA) is 55.4 Å². The Kier molecular flexibility index (Phi) is 7.00. The number of carbonyl (C=O) groups excluding carboxylic acids is 1. The summed E-state index contributed by atoms with van der Waals surface area (Å²) in [6.45, 7) is 2.52. The fraction of sp³-hybridized carbons (Fsp3) is 0.316. The lowest BCUT2D eigenvalue weighted by Gasteiger charge is -2.08. The number of ether oxygens (including phenoxy) is 1. The van der Waals surface area contributed by atoms with Crippen LogP contribution in [0.1, 0.15) is 24.0 Å². The van der Waals surface area contributed by atoms with Crippen molar-refractivity contribution >= 4 is 22.4 Å². The van der Waals surface area contributed by atoms with Crippen molar-refractivity contribution in [2.75, 3.05) is 18.2 Å². The van der Waals surface area contributed by atoms with Gasteiger partial charge in [-0.05, 0) is 48.7 Å². The third-order valence-electron chi connectivity index (χ3n) is 3.39. The van der Waals surface area contributed by atoms with Crippen LogP contribution in [-0.4, -0.2) is 23.0 Å². The highest BCUT2D eigenvalue weighted by molar-refractivity contribution is 7.83. The standard InChI is InChI=1S/C19H23NO3S/c1-15-6-3-9-18(12-15)23-11-5-10-19(21)20-17-8-4-7-16(13-17)14-24(2)22/h3-4,6-9,12-13H,5,10-11,14H2,1-2H3,(H,20,21). The van der Waals surface area contributed by atoms with Gasteiger partial charge in [-0.15, -0.1) is 0 Å². The van der Waals surface area contributed by atoms with E-state index < -0.39 is 10.8 Å². The summed E-state index contributed by atoms with van der Waals surface area (Å²) in [6.07, 6.45) is 2.72. The highest BCUT2D eigenvalue weighted by Gasteiger charge is 2.04. The van der Waals surface area contributed by atoms with Gasteiger partial charge in [0.15, 0.2) is 0 Å². The van der Waals surface area contributed by atoms with E-state index >= 15 is 0 Å². The van der Waals surface area contributed by atoms with Gasteiger partial charge in [0.1, 0.15) is 5.75 Å². The van der Waals surface area contributed by atoms with Crippen LogP contribution < -0.4 is 10.1 Å². The number of hydrogen-bond acceptors (Lipinski definition) is 3. The van der Waals surface area contributed by atoms with Gasteiger partial charge >= 0.3 is 0 Å².